The van der Waals surface area contributed by atoms with Gasteiger partial charge in [0.15, 0.2) is 29.3 Å². The van der Waals surface area contributed by atoms with Gasteiger partial charge in [-0.25, -0.2) is 4.79 Å². The zero-order valence-electron chi connectivity index (χ0n) is 37.1. The Hall–Kier alpha value is -4.54. The summed E-state index contributed by atoms with van der Waals surface area (Å²) in [7, 11) is 2.94. The molecule has 0 saturated carbocycles. The number of amides is 1. The Morgan fingerprint density at radius 3 is 2.29 bits per heavy atom. The molecule has 15 nitrogen and oxygen atoms in total. The molecule has 63 heavy (non-hydrogen) atoms. The summed E-state index contributed by atoms with van der Waals surface area (Å²) in [5.74, 6) is -0.323. The van der Waals surface area contributed by atoms with Crippen LogP contribution in [0.15, 0.2) is 42.5 Å². The molecule has 4 aliphatic heterocycles. The third-order valence-electron chi connectivity index (χ3n) is 12.5. The maximum atomic E-state index is 13.5. The van der Waals surface area contributed by atoms with Crippen LogP contribution in [0.25, 0.3) is 0 Å². The van der Waals surface area contributed by atoms with Crippen LogP contribution in [0.1, 0.15) is 114 Å². The van der Waals surface area contributed by atoms with Crippen molar-refractivity contribution in [2.45, 2.75) is 140 Å². The Balaban J connectivity index is 0.992. The molecule has 0 spiro atoms. The number of aliphatic hydroxyl groups is 2. The van der Waals surface area contributed by atoms with Gasteiger partial charge in [0.2, 0.25) is 24.6 Å². The van der Waals surface area contributed by atoms with E-state index in [1.54, 1.807) is 19.1 Å². The van der Waals surface area contributed by atoms with Gasteiger partial charge in [-0.05, 0) is 81.2 Å². The number of methoxy groups -OCH3 is 2. The molecule has 1 amide bonds. The van der Waals surface area contributed by atoms with Crippen molar-refractivity contribution in [3.63, 3.8) is 0 Å². The largest absolute Gasteiger partial charge is 0.493 e. The summed E-state index contributed by atoms with van der Waals surface area (Å²) in [6.07, 6.45) is 16.2. The average molecular weight is 880 g/mol. The smallest absolute Gasteiger partial charge is 0.412 e. The first-order valence-corrected chi connectivity index (χ1v) is 22.8. The van der Waals surface area contributed by atoms with Crippen molar-refractivity contribution in [2.24, 2.45) is 11.8 Å². The van der Waals surface area contributed by atoms with E-state index < -0.39 is 54.9 Å². The number of carbonyl (C=O) groups is 2. The molecule has 4 heterocycles. The monoisotopic (exact) mass is 879 g/mol. The molecule has 15 heteroatoms. The molecule has 0 bridgehead atoms. The molecule has 3 saturated heterocycles. The number of hydrogen-bond acceptors (Lipinski definition) is 14. The van der Waals surface area contributed by atoms with Crippen LogP contribution in [-0.2, 0) is 30.2 Å². The maximum Gasteiger partial charge on any atom is 0.412 e. The number of carbonyl (C=O) groups excluding carboxylic acids is 2. The van der Waals surface area contributed by atoms with Gasteiger partial charge in [0.05, 0.1) is 33.4 Å². The second kappa shape index (κ2) is 22.4. The van der Waals surface area contributed by atoms with Gasteiger partial charge < -0.3 is 62.9 Å². The van der Waals surface area contributed by atoms with Crippen molar-refractivity contribution < 1.29 is 67.2 Å². The van der Waals surface area contributed by atoms with Crippen LogP contribution >= 0.6 is 0 Å². The Morgan fingerprint density at radius 2 is 1.56 bits per heavy atom. The third kappa shape index (κ3) is 11.1. The number of nitrogens with one attached hydrogen (secondary N) is 1. The Bertz CT molecular complexity index is 1890. The number of cyclic esters (lactones) is 1. The molecule has 2 aromatic rings. The number of aliphatic hydroxyl groups excluding tert-OH is 2. The Labute approximate surface area is 370 Å². The quantitative estimate of drug-likeness (QED) is 0.0642. The lowest BCUT2D eigenvalue weighted by molar-refractivity contribution is -0.344. The first kappa shape index (κ1) is 46.5. The predicted molar refractivity (Wildman–Crippen MR) is 231 cm³/mol. The number of unbranched alkanes of at least 4 members (excludes halogenated alkanes) is 9. The van der Waals surface area contributed by atoms with E-state index in [9.17, 15) is 19.8 Å². The number of fused-ring (bicyclic) bond motifs is 4. The van der Waals surface area contributed by atoms with Crippen LogP contribution < -0.4 is 33.7 Å². The molecule has 3 fully saturated rings. The molecule has 1 aliphatic carbocycles. The Morgan fingerprint density at radius 1 is 0.841 bits per heavy atom. The summed E-state index contributed by atoms with van der Waals surface area (Å²) in [6, 6.07) is 5.29. The fraction of sp³-hybridized carbons (Fsp3) is 0.625. The Kier molecular flexibility index (Phi) is 16.5. The standard InChI is InChI=1S/C48H65NO14/c1-5-6-7-8-9-10-11-12-13-14-15-16-17-18-19-20-21-49-48(53)63-43-34(54-3)23-30(24-35(43)55-4)38-32-25-36-45(59-28-58-36)42(33(32)22-31-26-57-46(52)39(31)38)62-47-41(51)40(50)44-37(61-47)27-56-29(2)60-44/h9-10,12-13,23-25,29,31,37-41,44,47,50-51H,5-8,11,14-22,26-28H2,1-4H3,(H,49,53)/b10-9-,13-12-/t29-,31+,37-,38-,39?,40-,41-,44?,47+/m1/s1. The van der Waals surface area contributed by atoms with Gasteiger partial charge in [-0.1, -0.05) is 69.8 Å². The summed E-state index contributed by atoms with van der Waals surface area (Å²) >= 11 is 0. The summed E-state index contributed by atoms with van der Waals surface area (Å²) < 4.78 is 58.8. The van der Waals surface area contributed by atoms with E-state index >= 15 is 0 Å². The summed E-state index contributed by atoms with van der Waals surface area (Å²) in [5.41, 5.74) is 2.03. The van der Waals surface area contributed by atoms with Gasteiger partial charge in [-0.15, -0.1) is 0 Å². The molecular weight excluding hydrogens is 815 g/mol. The second-order valence-electron chi connectivity index (χ2n) is 16.9. The lowest BCUT2D eigenvalue weighted by atomic mass is 9.67. The minimum atomic E-state index is -1.47. The predicted octanol–water partition coefficient (Wildman–Crippen LogP) is 7.40. The van der Waals surface area contributed by atoms with Gasteiger partial charge >= 0.3 is 12.1 Å². The number of rotatable bonds is 21. The van der Waals surface area contributed by atoms with E-state index in [1.165, 1.54) is 52.7 Å². The highest BCUT2D eigenvalue weighted by atomic mass is 16.8. The lowest BCUT2D eigenvalue weighted by Crippen LogP contribution is -2.63. The van der Waals surface area contributed by atoms with Gasteiger partial charge in [-0.2, -0.15) is 0 Å². The van der Waals surface area contributed by atoms with Crippen LogP contribution in [-0.4, -0.2) is 100 Å². The summed E-state index contributed by atoms with van der Waals surface area (Å²) in [6.45, 7) is 4.63. The van der Waals surface area contributed by atoms with Crippen molar-refractivity contribution in [1.29, 1.82) is 0 Å². The average Bonchev–Trinajstić information content (AvgIpc) is 3.92. The highest BCUT2D eigenvalue weighted by Gasteiger charge is 2.52. The number of benzene rings is 2. The molecule has 2 unspecified atom stereocenters. The molecular formula is C48H65NO14. The number of ether oxygens (including phenoxy) is 10. The molecule has 346 valence electrons. The van der Waals surface area contributed by atoms with Crippen LogP contribution in [0.3, 0.4) is 0 Å². The molecule has 0 aromatic heterocycles. The molecule has 2 aromatic carbocycles. The third-order valence-corrected chi connectivity index (χ3v) is 12.5. The van der Waals surface area contributed by atoms with Gasteiger partial charge in [0.1, 0.15) is 24.4 Å². The molecule has 7 rings (SSSR count). The van der Waals surface area contributed by atoms with E-state index in [4.69, 9.17) is 47.4 Å². The molecule has 9 atom stereocenters. The number of esters is 1. The zero-order chi connectivity index (χ0) is 44.3. The van der Waals surface area contributed by atoms with Crippen LogP contribution in [0, 0.1) is 11.8 Å². The fourth-order valence-corrected chi connectivity index (χ4v) is 9.23. The van der Waals surface area contributed by atoms with E-state index in [0.29, 0.717) is 41.2 Å². The topological polar surface area (TPSA) is 179 Å². The highest BCUT2D eigenvalue weighted by Crippen LogP contribution is 2.56. The van der Waals surface area contributed by atoms with Crippen molar-refractivity contribution in [2.75, 3.05) is 40.8 Å². The normalized spacial score (nSPS) is 27.1. The van der Waals surface area contributed by atoms with E-state index in [1.807, 2.05) is 6.07 Å². The fourth-order valence-electron chi connectivity index (χ4n) is 9.23. The van der Waals surface area contributed by atoms with Crippen molar-refractivity contribution in [3.8, 4) is 34.5 Å². The minimum Gasteiger partial charge on any atom is -0.493 e. The first-order chi connectivity index (χ1) is 30.7. The van der Waals surface area contributed by atoms with Gasteiger partial charge in [0.25, 0.3) is 0 Å². The van der Waals surface area contributed by atoms with Crippen molar-refractivity contribution >= 4 is 12.1 Å². The van der Waals surface area contributed by atoms with Gasteiger partial charge in [-0.3, -0.25) is 4.79 Å². The van der Waals surface area contributed by atoms with E-state index in [0.717, 1.165) is 38.5 Å². The summed E-state index contributed by atoms with van der Waals surface area (Å²) in [4.78, 5) is 26.6. The van der Waals surface area contributed by atoms with E-state index in [2.05, 4.69) is 36.5 Å². The van der Waals surface area contributed by atoms with E-state index in [-0.39, 0.29) is 54.9 Å². The maximum absolute atomic E-state index is 13.5. The molecule has 5 aliphatic rings. The van der Waals surface area contributed by atoms with Crippen LogP contribution in [0.2, 0.25) is 0 Å². The van der Waals surface area contributed by atoms with Crippen LogP contribution in [0.5, 0.6) is 34.5 Å². The second-order valence-corrected chi connectivity index (χ2v) is 16.9. The zero-order valence-corrected chi connectivity index (χ0v) is 37.1. The van der Waals surface area contributed by atoms with Crippen molar-refractivity contribution in [1.82, 2.24) is 5.32 Å². The van der Waals surface area contributed by atoms with Crippen LogP contribution in [0.4, 0.5) is 4.79 Å². The lowest BCUT2D eigenvalue weighted by Gasteiger charge is -2.45. The molecule has 0 radical (unpaired) electrons. The van der Waals surface area contributed by atoms with Crippen molar-refractivity contribution in [3.05, 3.63) is 59.2 Å². The molecule has 3 N–H and O–H groups in total. The minimum absolute atomic E-state index is 0.0825. The van der Waals surface area contributed by atoms with Gasteiger partial charge in [0, 0.05) is 23.9 Å². The number of allylic oxidation sites excluding steroid dienone is 4. The SMILES string of the molecule is CCCCC/C=C\C/C=C\CCCCCCCCNC(=O)Oc1c(OC)cc([C@@H]2c3cc4c(c(O[C@@H]5O[C@@H]6CO[C@@H](C)OC6[C@H](O)[C@H]5O)c3C[C@H]3COC(=O)C32)OCO4)cc1OC. The summed E-state index contributed by atoms with van der Waals surface area (Å²) in [5, 5.41) is 25.1. The highest BCUT2D eigenvalue weighted by molar-refractivity contribution is 5.80. The first-order valence-electron chi connectivity index (χ1n) is 22.8. The number of hydrogen-bond donors (Lipinski definition) is 3.